The molecule has 1 N–H and O–H groups in total. The summed E-state index contributed by atoms with van der Waals surface area (Å²) in [6.45, 7) is 0. The maximum Gasteiger partial charge on any atom is 0.196 e. The molecule has 0 bridgehead atoms. The van der Waals surface area contributed by atoms with Gasteiger partial charge in [-0.1, -0.05) is 34.8 Å². The van der Waals surface area contributed by atoms with Crippen molar-refractivity contribution in [1.29, 1.82) is 0 Å². The van der Waals surface area contributed by atoms with Crippen molar-refractivity contribution in [3.8, 4) is 5.75 Å². The summed E-state index contributed by atoms with van der Waals surface area (Å²) in [7, 11) is 0. The van der Waals surface area contributed by atoms with Crippen molar-refractivity contribution in [1.82, 2.24) is 0 Å². The molecule has 2 rings (SSSR count). The molecule has 0 spiro atoms. The van der Waals surface area contributed by atoms with Crippen LogP contribution in [0.15, 0.2) is 36.4 Å². The van der Waals surface area contributed by atoms with Crippen molar-refractivity contribution in [3.05, 3.63) is 62.6 Å². The summed E-state index contributed by atoms with van der Waals surface area (Å²) >= 11 is 17.5. The number of benzene rings is 2. The Kier molecular flexibility index (Phi) is 3.81. The number of halogens is 3. The van der Waals surface area contributed by atoms with Gasteiger partial charge in [0.2, 0.25) is 0 Å². The standard InChI is InChI=1S/C13H7Cl3O2/c14-8-1-2-12(17)11(6-8)13(18)7-3-9(15)5-10(16)4-7/h1-6,17H. The van der Waals surface area contributed by atoms with Crippen molar-refractivity contribution < 1.29 is 9.90 Å². The summed E-state index contributed by atoms with van der Waals surface area (Å²) in [4.78, 5) is 12.2. The molecule has 5 heteroatoms. The highest BCUT2D eigenvalue weighted by Gasteiger charge is 2.15. The molecule has 0 amide bonds. The molecule has 0 aromatic heterocycles. The first kappa shape index (κ1) is 13.2. The third-order valence-electron chi connectivity index (χ3n) is 2.33. The van der Waals surface area contributed by atoms with Gasteiger partial charge in [0.25, 0.3) is 0 Å². The number of phenolic OH excluding ortho intramolecular Hbond substituents is 1. The normalized spacial score (nSPS) is 10.4. The fourth-order valence-corrected chi connectivity index (χ4v) is 2.23. The second-order valence-corrected chi connectivity index (χ2v) is 4.96. The smallest absolute Gasteiger partial charge is 0.196 e. The number of hydrogen-bond donors (Lipinski definition) is 1. The van der Waals surface area contributed by atoms with E-state index in [-0.39, 0.29) is 17.1 Å². The van der Waals surface area contributed by atoms with E-state index >= 15 is 0 Å². The van der Waals surface area contributed by atoms with Crippen LogP contribution in [0.5, 0.6) is 5.75 Å². The molecule has 0 saturated heterocycles. The molecule has 2 nitrogen and oxygen atoms in total. The van der Waals surface area contributed by atoms with Gasteiger partial charge in [-0.3, -0.25) is 4.79 Å². The van der Waals surface area contributed by atoms with Gasteiger partial charge in [0.05, 0.1) is 5.56 Å². The Morgan fingerprint density at radius 1 is 0.889 bits per heavy atom. The molecule has 18 heavy (non-hydrogen) atoms. The van der Waals surface area contributed by atoms with E-state index in [0.717, 1.165) is 0 Å². The van der Waals surface area contributed by atoms with Gasteiger partial charge in [0.15, 0.2) is 5.78 Å². The Labute approximate surface area is 119 Å². The molecule has 0 atom stereocenters. The van der Waals surface area contributed by atoms with E-state index in [1.807, 2.05) is 0 Å². The van der Waals surface area contributed by atoms with Crippen LogP contribution in [-0.4, -0.2) is 10.9 Å². The van der Waals surface area contributed by atoms with Crippen LogP contribution in [0, 0.1) is 0 Å². The number of carbonyl (C=O) groups excluding carboxylic acids is 1. The Bertz CT molecular complexity index is 603. The van der Waals surface area contributed by atoms with E-state index in [4.69, 9.17) is 34.8 Å². The number of phenols is 1. The number of ketones is 1. The largest absolute Gasteiger partial charge is 0.507 e. The van der Waals surface area contributed by atoms with E-state index in [1.54, 1.807) is 0 Å². The number of rotatable bonds is 2. The van der Waals surface area contributed by atoms with Crippen LogP contribution in [0.25, 0.3) is 0 Å². The molecule has 2 aromatic rings. The Morgan fingerprint density at radius 3 is 2.11 bits per heavy atom. The molecular weight excluding hydrogens is 295 g/mol. The fourth-order valence-electron chi connectivity index (χ4n) is 1.53. The lowest BCUT2D eigenvalue weighted by Gasteiger charge is -2.05. The van der Waals surface area contributed by atoms with Crippen LogP contribution < -0.4 is 0 Å². The molecule has 0 unspecified atom stereocenters. The second kappa shape index (κ2) is 5.19. The predicted octanol–water partition coefficient (Wildman–Crippen LogP) is 4.58. The zero-order valence-electron chi connectivity index (χ0n) is 8.95. The van der Waals surface area contributed by atoms with Gasteiger partial charge in [-0.2, -0.15) is 0 Å². The molecule has 0 fully saturated rings. The number of aromatic hydroxyl groups is 1. The van der Waals surface area contributed by atoms with E-state index in [2.05, 4.69) is 0 Å². The van der Waals surface area contributed by atoms with Crippen LogP contribution >= 0.6 is 34.8 Å². The lowest BCUT2D eigenvalue weighted by molar-refractivity contribution is 0.103. The van der Waals surface area contributed by atoms with Gasteiger partial charge < -0.3 is 5.11 Å². The fraction of sp³-hybridized carbons (Fsp3) is 0. The summed E-state index contributed by atoms with van der Waals surface area (Å²) in [5.74, 6) is -0.528. The van der Waals surface area contributed by atoms with Crippen molar-refractivity contribution in [2.75, 3.05) is 0 Å². The summed E-state index contributed by atoms with van der Waals surface area (Å²) in [6, 6.07) is 8.75. The minimum Gasteiger partial charge on any atom is -0.507 e. The number of carbonyl (C=O) groups is 1. The highest BCUT2D eigenvalue weighted by Crippen LogP contribution is 2.26. The third kappa shape index (κ3) is 2.78. The van der Waals surface area contributed by atoms with Crippen LogP contribution in [0.3, 0.4) is 0 Å². The minimum atomic E-state index is -0.389. The molecule has 0 heterocycles. The molecule has 0 aliphatic rings. The predicted molar refractivity (Wildman–Crippen MR) is 73.0 cm³/mol. The van der Waals surface area contributed by atoms with E-state index in [0.29, 0.717) is 20.6 Å². The van der Waals surface area contributed by atoms with Gasteiger partial charge >= 0.3 is 0 Å². The Morgan fingerprint density at radius 2 is 1.50 bits per heavy atom. The summed E-state index contributed by atoms with van der Waals surface area (Å²) in [5, 5.41) is 10.7. The quantitative estimate of drug-likeness (QED) is 0.824. The lowest BCUT2D eigenvalue weighted by atomic mass is 10.0. The average molecular weight is 302 g/mol. The topological polar surface area (TPSA) is 37.3 Å². The minimum absolute atomic E-state index is 0.112. The molecule has 0 aliphatic heterocycles. The third-order valence-corrected chi connectivity index (χ3v) is 3.00. The lowest BCUT2D eigenvalue weighted by Crippen LogP contribution is -2.01. The molecule has 92 valence electrons. The SMILES string of the molecule is O=C(c1cc(Cl)cc(Cl)c1)c1cc(Cl)ccc1O. The van der Waals surface area contributed by atoms with Crippen LogP contribution in [0.1, 0.15) is 15.9 Å². The maximum absolute atomic E-state index is 12.2. The average Bonchev–Trinajstić information content (AvgIpc) is 2.30. The highest BCUT2D eigenvalue weighted by molar-refractivity contribution is 6.35. The van der Waals surface area contributed by atoms with Gasteiger partial charge in [-0.15, -0.1) is 0 Å². The molecule has 2 aromatic carbocycles. The van der Waals surface area contributed by atoms with Crippen LogP contribution in [0.4, 0.5) is 0 Å². The molecule has 0 saturated carbocycles. The first-order valence-electron chi connectivity index (χ1n) is 4.96. The molecule has 0 radical (unpaired) electrons. The Balaban J connectivity index is 2.51. The second-order valence-electron chi connectivity index (χ2n) is 3.65. The highest BCUT2D eigenvalue weighted by atomic mass is 35.5. The summed E-state index contributed by atoms with van der Waals surface area (Å²) in [6.07, 6.45) is 0. The zero-order valence-corrected chi connectivity index (χ0v) is 11.2. The number of hydrogen-bond acceptors (Lipinski definition) is 2. The van der Waals surface area contributed by atoms with E-state index < -0.39 is 0 Å². The maximum atomic E-state index is 12.2. The Hall–Kier alpha value is -1.22. The monoisotopic (exact) mass is 300 g/mol. The zero-order chi connectivity index (χ0) is 13.3. The van der Waals surface area contributed by atoms with Gasteiger partial charge in [-0.25, -0.2) is 0 Å². The van der Waals surface area contributed by atoms with Crippen molar-refractivity contribution in [2.24, 2.45) is 0 Å². The van der Waals surface area contributed by atoms with Crippen LogP contribution in [-0.2, 0) is 0 Å². The van der Waals surface area contributed by atoms with Crippen LogP contribution in [0.2, 0.25) is 15.1 Å². The van der Waals surface area contributed by atoms with Crippen molar-refractivity contribution in [3.63, 3.8) is 0 Å². The van der Waals surface area contributed by atoms with Gasteiger partial charge in [-0.05, 0) is 36.4 Å². The summed E-state index contributed by atoms with van der Waals surface area (Å²) in [5.41, 5.74) is 0.408. The van der Waals surface area contributed by atoms with E-state index in [1.165, 1.54) is 36.4 Å². The summed E-state index contributed by atoms with van der Waals surface area (Å²) < 4.78 is 0. The van der Waals surface area contributed by atoms with Gasteiger partial charge in [0.1, 0.15) is 5.75 Å². The van der Waals surface area contributed by atoms with Crippen molar-refractivity contribution >= 4 is 40.6 Å². The first-order chi connectivity index (χ1) is 8.47. The van der Waals surface area contributed by atoms with E-state index in [9.17, 15) is 9.90 Å². The molecular formula is C13H7Cl3O2. The van der Waals surface area contributed by atoms with Crippen molar-refractivity contribution in [2.45, 2.75) is 0 Å². The van der Waals surface area contributed by atoms with Gasteiger partial charge in [0, 0.05) is 20.6 Å². The molecule has 0 aliphatic carbocycles. The first-order valence-corrected chi connectivity index (χ1v) is 6.10.